The van der Waals surface area contributed by atoms with Gasteiger partial charge in [-0.1, -0.05) is 44.8 Å². The van der Waals surface area contributed by atoms with Crippen molar-refractivity contribution in [1.82, 2.24) is 20.4 Å². The van der Waals surface area contributed by atoms with Gasteiger partial charge >= 0.3 is 0 Å². The van der Waals surface area contributed by atoms with E-state index in [4.69, 9.17) is 4.74 Å². The number of hydrogen-bond acceptors (Lipinski definition) is 6. The molecular weight excluding hydrogens is 544 g/mol. The van der Waals surface area contributed by atoms with Crippen LogP contribution >= 0.6 is 12.4 Å². The summed E-state index contributed by atoms with van der Waals surface area (Å²) >= 11 is 0. The van der Waals surface area contributed by atoms with Gasteiger partial charge in [0.05, 0.1) is 6.10 Å². The SMILES string of the molecule is CCCCN1C(=O)[C@@H]([C@H](O)C2CCCCC2)NC(=O)C12CCN(C/C=C\COc1ccc(C(=O)NC)cc1)CC2.Cl. The van der Waals surface area contributed by atoms with Crippen molar-refractivity contribution in [3.63, 3.8) is 0 Å². The summed E-state index contributed by atoms with van der Waals surface area (Å²) in [5.74, 6) is 0.429. The molecule has 2 atom stereocenters. The lowest BCUT2D eigenvalue weighted by atomic mass is 9.78. The van der Waals surface area contributed by atoms with Crippen LogP contribution in [0.2, 0.25) is 0 Å². The number of aliphatic hydroxyl groups excluding tert-OH is 1. The minimum Gasteiger partial charge on any atom is -0.490 e. The van der Waals surface area contributed by atoms with Gasteiger partial charge in [0.25, 0.3) is 5.91 Å². The Bertz CT molecular complexity index is 1040. The molecule has 9 nitrogen and oxygen atoms in total. The number of benzene rings is 1. The van der Waals surface area contributed by atoms with Gasteiger partial charge < -0.3 is 25.4 Å². The summed E-state index contributed by atoms with van der Waals surface area (Å²) in [4.78, 5) is 43.1. The standard InChI is InChI=1S/C31H46N4O5.ClH/c1-3-4-19-35-29(38)26(27(36)23-10-6-5-7-11-23)33-30(39)31(35)16-20-34(21-17-31)18-8-9-22-40-25-14-12-24(13-15-25)28(37)32-2;/h8-9,12-15,23,26-27,36H,3-7,10-11,16-22H2,1-2H3,(H,32,37)(H,33,39);1H/b9-8-;/t26-,27-;/m1./s1. The molecular formula is C31H47ClN4O5. The van der Waals surface area contributed by atoms with E-state index in [0.717, 1.165) is 45.1 Å². The number of piperidine rings is 1. The number of piperazine rings is 1. The molecule has 2 aliphatic heterocycles. The van der Waals surface area contributed by atoms with Gasteiger partial charge in [0.15, 0.2) is 0 Å². The van der Waals surface area contributed by atoms with Crippen molar-refractivity contribution in [2.75, 3.05) is 39.8 Å². The van der Waals surface area contributed by atoms with Crippen LogP contribution in [-0.4, -0.2) is 90.1 Å². The Morgan fingerprint density at radius 2 is 1.83 bits per heavy atom. The number of carbonyl (C=O) groups is 3. The van der Waals surface area contributed by atoms with Gasteiger partial charge in [-0.25, -0.2) is 0 Å². The van der Waals surface area contributed by atoms with Gasteiger partial charge in [-0.2, -0.15) is 0 Å². The second kappa shape index (κ2) is 15.6. The van der Waals surface area contributed by atoms with E-state index in [1.54, 1.807) is 31.3 Å². The minimum absolute atomic E-state index is 0. The number of hydrogen-bond donors (Lipinski definition) is 3. The monoisotopic (exact) mass is 590 g/mol. The average Bonchev–Trinajstić information content (AvgIpc) is 2.99. The molecule has 2 heterocycles. The third kappa shape index (κ3) is 7.81. The average molecular weight is 591 g/mol. The first-order valence-corrected chi connectivity index (χ1v) is 15.0. The number of amides is 3. The largest absolute Gasteiger partial charge is 0.490 e. The summed E-state index contributed by atoms with van der Waals surface area (Å²) in [6.45, 7) is 5.23. The van der Waals surface area contributed by atoms with Crippen LogP contribution in [-0.2, 0) is 9.59 Å². The molecule has 2 saturated heterocycles. The summed E-state index contributed by atoms with van der Waals surface area (Å²) in [6, 6.07) is 6.19. The zero-order valence-electron chi connectivity index (χ0n) is 24.5. The zero-order chi connectivity index (χ0) is 28.5. The molecule has 1 spiro atoms. The Morgan fingerprint density at radius 1 is 1.15 bits per heavy atom. The first kappa shape index (κ1) is 32.9. The van der Waals surface area contributed by atoms with Crippen molar-refractivity contribution in [2.24, 2.45) is 5.92 Å². The van der Waals surface area contributed by atoms with E-state index < -0.39 is 17.7 Å². The Morgan fingerprint density at radius 3 is 2.46 bits per heavy atom. The van der Waals surface area contributed by atoms with Crippen LogP contribution in [0, 0.1) is 5.92 Å². The van der Waals surface area contributed by atoms with Crippen molar-refractivity contribution in [3.8, 4) is 5.75 Å². The molecule has 0 aromatic heterocycles. The normalized spacial score (nSPS) is 22.3. The molecule has 1 aromatic carbocycles. The molecule has 0 radical (unpaired) electrons. The number of carbonyl (C=O) groups excluding carboxylic acids is 3. The van der Waals surface area contributed by atoms with Gasteiger partial charge in [-0.05, 0) is 62.3 Å². The maximum Gasteiger partial charge on any atom is 0.251 e. The predicted molar refractivity (Wildman–Crippen MR) is 161 cm³/mol. The van der Waals surface area contributed by atoms with Crippen LogP contribution in [0.4, 0.5) is 0 Å². The lowest BCUT2D eigenvalue weighted by Gasteiger charge is -2.52. The summed E-state index contributed by atoms with van der Waals surface area (Å²) in [6.07, 6.45) is 11.3. The highest BCUT2D eigenvalue weighted by Gasteiger charge is 2.55. The Hall–Kier alpha value is -2.62. The van der Waals surface area contributed by atoms with Crippen LogP contribution in [0.3, 0.4) is 0 Å². The quantitative estimate of drug-likeness (QED) is 0.341. The van der Waals surface area contributed by atoms with Gasteiger partial charge in [0.1, 0.15) is 23.9 Å². The molecule has 1 aliphatic carbocycles. The van der Waals surface area contributed by atoms with Gasteiger partial charge in [-0.15, -0.1) is 12.4 Å². The molecule has 1 saturated carbocycles. The summed E-state index contributed by atoms with van der Waals surface area (Å²) < 4.78 is 5.75. The second-order valence-corrected chi connectivity index (χ2v) is 11.4. The maximum absolute atomic E-state index is 13.7. The highest BCUT2D eigenvalue weighted by Crippen LogP contribution is 2.36. The molecule has 4 rings (SSSR count). The molecule has 228 valence electrons. The van der Waals surface area contributed by atoms with Crippen molar-refractivity contribution in [3.05, 3.63) is 42.0 Å². The Balaban J connectivity index is 0.00000462. The third-order valence-corrected chi connectivity index (χ3v) is 8.87. The number of unbranched alkanes of at least 4 members (excludes halogenated alkanes) is 1. The van der Waals surface area contributed by atoms with Crippen LogP contribution in [0.15, 0.2) is 36.4 Å². The van der Waals surface area contributed by atoms with E-state index in [0.29, 0.717) is 50.4 Å². The van der Waals surface area contributed by atoms with Crippen molar-refractivity contribution in [1.29, 1.82) is 0 Å². The van der Waals surface area contributed by atoms with Crippen molar-refractivity contribution in [2.45, 2.75) is 82.4 Å². The van der Waals surface area contributed by atoms with E-state index in [-0.39, 0.29) is 36.0 Å². The molecule has 1 aromatic rings. The fourth-order valence-corrected chi connectivity index (χ4v) is 6.34. The van der Waals surface area contributed by atoms with Crippen molar-refractivity contribution >= 4 is 30.1 Å². The first-order valence-electron chi connectivity index (χ1n) is 15.0. The summed E-state index contributed by atoms with van der Waals surface area (Å²) in [7, 11) is 1.60. The molecule has 3 amide bonds. The van der Waals surface area contributed by atoms with Crippen LogP contribution in [0.25, 0.3) is 0 Å². The smallest absolute Gasteiger partial charge is 0.251 e. The summed E-state index contributed by atoms with van der Waals surface area (Å²) in [5.41, 5.74) is -0.245. The molecule has 3 fully saturated rings. The number of nitrogens with one attached hydrogen (secondary N) is 2. The molecule has 10 heteroatoms. The molecule has 3 N–H and O–H groups in total. The second-order valence-electron chi connectivity index (χ2n) is 11.4. The van der Waals surface area contributed by atoms with E-state index >= 15 is 0 Å². The third-order valence-electron chi connectivity index (χ3n) is 8.87. The highest BCUT2D eigenvalue weighted by atomic mass is 35.5. The Kier molecular flexibility index (Phi) is 12.5. The van der Waals surface area contributed by atoms with E-state index in [2.05, 4.69) is 28.5 Å². The summed E-state index contributed by atoms with van der Waals surface area (Å²) in [5, 5.41) is 16.7. The predicted octanol–water partition coefficient (Wildman–Crippen LogP) is 3.31. The lowest BCUT2D eigenvalue weighted by Crippen LogP contribution is -2.75. The fourth-order valence-electron chi connectivity index (χ4n) is 6.34. The van der Waals surface area contributed by atoms with Crippen LogP contribution < -0.4 is 15.4 Å². The first-order chi connectivity index (χ1) is 19.4. The van der Waals surface area contributed by atoms with Crippen LogP contribution in [0.1, 0.15) is 75.1 Å². The molecule has 0 bridgehead atoms. The van der Waals surface area contributed by atoms with Gasteiger partial charge in [0.2, 0.25) is 11.8 Å². The van der Waals surface area contributed by atoms with E-state index in [1.165, 1.54) is 6.42 Å². The Labute approximate surface area is 250 Å². The molecule has 3 aliphatic rings. The lowest BCUT2D eigenvalue weighted by molar-refractivity contribution is -0.165. The highest BCUT2D eigenvalue weighted by molar-refractivity contribution is 6.00. The van der Waals surface area contributed by atoms with Gasteiger partial charge in [0, 0.05) is 38.8 Å². The number of likely N-dealkylation sites (tertiary alicyclic amines) is 1. The number of nitrogens with zero attached hydrogens (tertiary/aromatic N) is 2. The maximum atomic E-state index is 13.7. The van der Waals surface area contributed by atoms with E-state index in [9.17, 15) is 19.5 Å². The zero-order valence-corrected chi connectivity index (χ0v) is 25.3. The molecule has 0 unspecified atom stereocenters. The number of aliphatic hydroxyl groups is 1. The number of ether oxygens (including phenoxy) is 1. The van der Waals surface area contributed by atoms with E-state index in [1.807, 2.05) is 11.0 Å². The van der Waals surface area contributed by atoms with Gasteiger partial charge in [-0.3, -0.25) is 19.3 Å². The molecule has 41 heavy (non-hydrogen) atoms. The van der Waals surface area contributed by atoms with Crippen molar-refractivity contribution < 1.29 is 24.2 Å². The topological polar surface area (TPSA) is 111 Å². The van der Waals surface area contributed by atoms with Crippen LogP contribution in [0.5, 0.6) is 5.75 Å². The number of rotatable bonds is 11. The number of halogens is 1. The minimum atomic E-state index is -0.834. The fraction of sp³-hybridized carbons (Fsp3) is 0.645.